The number of carbonyl (C=O) groups is 2. The van der Waals surface area contributed by atoms with Gasteiger partial charge in [-0.15, -0.1) is 0 Å². The minimum absolute atomic E-state index is 0.0858. The van der Waals surface area contributed by atoms with Crippen LogP contribution in [0.2, 0.25) is 0 Å². The average molecular weight is 324 g/mol. The zero-order chi connectivity index (χ0) is 17.0. The van der Waals surface area contributed by atoms with Gasteiger partial charge >= 0.3 is 5.97 Å². The van der Waals surface area contributed by atoms with Crippen LogP contribution in [0.1, 0.15) is 31.1 Å². The molecule has 0 bridgehead atoms. The maximum absolute atomic E-state index is 14.1. The van der Waals surface area contributed by atoms with Gasteiger partial charge in [0.05, 0.1) is 17.8 Å². The summed E-state index contributed by atoms with van der Waals surface area (Å²) in [6, 6.07) is 4.36. The van der Waals surface area contributed by atoms with Gasteiger partial charge in [-0.05, 0) is 32.0 Å². The number of benzene rings is 1. The van der Waals surface area contributed by atoms with E-state index >= 15 is 0 Å². The number of rotatable bonds is 5. The molecule has 1 saturated heterocycles. The molecule has 0 aliphatic carbocycles. The highest BCUT2D eigenvalue weighted by Crippen LogP contribution is 2.23. The van der Waals surface area contributed by atoms with Crippen LogP contribution in [0.25, 0.3) is 0 Å². The number of ether oxygens (including phenoxy) is 2. The third kappa shape index (κ3) is 4.66. The van der Waals surface area contributed by atoms with E-state index in [0.717, 1.165) is 0 Å². The van der Waals surface area contributed by atoms with Crippen molar-refractivity contribution < 1.29 is 23.5 Å². The molecule has 1 aliphatic heterocycles. The Kier molecular flexibility index (Phi) is 5.54. The first kappa shape index (κ1) is 17.2. The van der Waals surface area contributed by atoms with E-state index in [2.05, 4.69) is 5.32 Å². The number of nitrogens with zero attached hydrogens (tertiary/aromatic N) is 1. The summed E-state index contributed by atoms with van der Waals surface area (Å²) in [6.07, 6.45) is -0.448. The number of hydrogen-bond donors (Lipinski definition) is 1. The van der Waals surface area contributed by atoms with Crippen LogP contribution < -0.4 is 10.2 Å². The van der Waals surface area contributed by atoms with Gasteiger partial charge in [0.1, 0.15) is 12.5 Å². The monoisotopic (exact) mass is 324 g/mol. The molecule has 0 saturated carbocycles. The standard InChI is InChI=1S/C16H21FN2O4/c1-10(2)23-16(21)14-5-4-12(6-15(14)17)19-8-13(22-9-19)7-18-11(3)20/h4-6,10,13H,7-9H2,1-3H3,(H,18,20)/t13-/m0/s1. The van der Waals surface area contributed by atoms with E-state index < -0.39 is 11.8 Å². The second-order valence-electron chi connectivity index (χ2n) is 5.70. The number of amides is 1. The predicted octanol–water partition coefficient (Wildman–Crippen LogP) is 1.69. The molecule has 23 heavy (non-hydrogen) atoms. The maximum atomic E-state index is 14.1. The Bertz CT molecular complexity index is 591. The summed E-state index contributed by atoms with van der Waals surface area (Å²) in [6.45, 7) is 6.11. The molecular formula is C16H21FN2O4. The van der Waals surface area contributed by atoms with Gasteiger partial charge in [-0.2, -0.15) is 0 Å². The first-order valence-corrected chi connectivity index (χ1v) is 7.48. The molecule has 1 aromatic rings. The van der Waals surface area contributed by atoms with Crippen LogP contribution in [0.3, 0.4) is 0 Å². The fourth-order valence-electron chi connectivity index (χ4n) is 2.25. The van der Waals surface area contributed by atoms with Crippen LogP contribution in [-0.2, 0) is 14.3 Å². The zero-order valence-electron chi connectivity index (χ0n) is 13.5. The third-order valence-electron chi connectivity index (χ3n) is 3.35. The van der Waals surface area contributed by atoms with Crippen molar-refractivity contribution in [3.63, 3.8) is 0 Å². The molecule has 0 unspecified atom stereocenters. The molecule has 1 heterocycles. The fraction of sp³-hybridized carbons (Fsp3) is 0.500. The van der Waals surface area contributed by atoms with Crippen molar-refractivity contribution in [2.75, 3.05) is 24.7 Å². The molecule has 7 heteroatoms. The lowest BCUT2D eigenvalue weighted by Crippen LogP contribution is -2.33. The molecular weight excluding hydrogens is 303 g/mol. The van der Waals surface area contributed by atoms with Crippen molar-refractivity contribution in [3.8, 4) is 0 Å². The van der Waals surface area contributed by atoms with Crippen LogP contribution in [0.5, 0.6) is 0 Å². The Labute approximate surface area is 134 Å². The van der Waals surface area contributed by atoms with Gasteiger partial charge in [0.15, 0.2) is 0 Å². The Morgan fingerprint density at radius 2 is 2.22 bits per heavy atom. The minimum atomic E-state index is -0.676. The second kappa shape index (κ2) is 7.41. The highest BCUT2D eigenvalue weighted by molar-refractivity contribution is 5.90. The number of esters is 1. The van der Waals surface area contributed by atoms with Gasteiger partial charge < -0.3 is 19.7 Å². The van der Waals surface area contributed by atoms with E-state index in [1.807, 2.05) is 4.90 Å². The number of carbonyl (C=O) groups excluding carboxylic acids is 2. The van der Waals surface area contributed by atoms with Gasteiger partial charge in [-0.1, -0.05) is 0 Å². The Morgan fingerprint density at radius 1 is 1.48 bits per heavy atom. The van der Waals surface area contributed by atoms with E-state index in [9.17, 15) is 14.0 Å². The highest BCUT2D eigenvalue weighted by Gasteiger charge is 2.25. The van der Waals surface area contributed by atoms with E-state index in [1.54, 1.807) is 19.9 Å². The lowest BCUT2D eigenvalue weighted by Gasteiger charge is -2.17. The summed E-state index contributed by atoms with van der Waals surface area (Å²) in [4.78, 5) is 24.5. The van der Waals surface area contributed by atoms with Crippen LogP contribution >= 0.6 is 0 Å². The van der Waals surface area contributed by atoms with E-state index in [-0.39, 0.29) is 23.7 Å². The summed E-state index contributed by atoms with van der Waals surface area (Å²) >= 11 is 0. The summed E-state index contributed by atoms with van der Waals surface area (Å²) < 4.78 is 24.7. The first-order valence-electron chi connectivity index (χ1n) is 7.48. The zero-order valence-corrected chi connectivity index (χ0v) is 13.5. The minimum Gasteiger partial charge on any atom is -0.459 e. The SMILES string of the molecule is CC(=O)NC[C@H]1CN(c2ccc(C(=O)OC(C)C)c(F)c2)CO1. The quantitative estimate of drug-likeness (QED) is 0.835. The molecule has 6 nitrogen and oxygen atoms in total. The van der Waals surface area contributed by atoms with Crippen molar-refractivity contribution in [2.45, 2.75) is 33.0 Å². The predicted molar refractivity (Wildman–Crippen MR) is 82.7 cm³/mol. The molecule has 1 atom stereocenters. The van der Waals surface area contributed by atoms with Gasteiger partial charge in [0, 0.05) is 25.7 Å². The van der Waals surface area contributed by atoms with Crippen LogP contribution in [0, 0.1) is 5.82 Å². The average Bonchev–Trinajstić information content (AvgIpc) is 2.93. The van der Waals surface area contributed by atoms with Gasteiger partial charge in [0.25, 0.3) is 0 Å². The Balaban J connectivity index is 2.01. The van der Waals surface area contributed by atoms with Crippen LogP contribution in [0.15, 0.2) is 18.2 Å². The fourth-order valence-corrected chi connectivity index (χ4v) is 2.25. The number of halogens is 1. The van der Waals surface area contributed by atoms with E-state index in [1.165, 1.54) is 19.1 Å². The number of nitrogens with one attached hydrogen (secondary N) is 1. The smallest absolute Gasteiger partial charge is 0.341 e. The molecule has 126 valence electrons. The maximum Gasteiger partial charge on any atom is 0.341 e. The first-order chi connectivity index (χ1) is 10.9. The molecule has 0 radical (unpaired) electrons. The van der Waals surface area contributed by atoms with Crippen LogP contribution in [-0.4, -0.2) is 43.9 Å². The van der Waals surface area contributed by atoms with Crippen molar-refractivity contribution in [1.82, 2.24) is 5.32 Å². The molecule has 2 rings (SSSR count). The largest absolute Gasteiger partial charge is 0.459 e. The summed E-state index contributed by atoms with van der Waals surface area (Å²) in [5.41, 5.74) is 0.534. The molecule has 0 aromatic heterocycles. The molecule has 1 aromatic carbocycles. The summed E-state index contributed by atoms with van der Waals surface area (Å²) in [7, 11) is 0. The molecule has 1 N–H and O–H groups in total. The van der Waals surface area contributed by atoms with Crippen molar-refractivity contribution in [3.05, 3.63) is 29.6 Å². The Morgan fingerprint density at radius 3 is 2.83 bits per heavy atom. The van der Waals surface area contributed by atoms with Gasteiger partial charge in [0.2, 0.25) is 5.91 Å². The Hall–Kier alpha value is -2.15. The molecule has 1 fully saturated rings. The number of hydrogen-bond acceptors (Lipinski definition) is 5. The molecule has 0 spiro atoms. The molecule has 1 amide bonds. The van der Waals surface area contributed by atoms with Gasteiger partial charge in [-0.3, -0.25) is 4.79 Å². The van der Waals surface area contributed by atoms with Gasteiger partial charge in [-0.25, -0.2) is 9.18 Å². The number of anilines is 1. The van der Waals surface area contributed by atoms with Crippen molar-refractivity contribution in [2.24, 2.45) is 0 Å². The normalized spacial score (nSPS) is 17.4. The lowest BCUT2D eigenvalue weighted by molar-refractivity contribution is -0.119. The lowest BCUT2D eigenvalue weighted by atomic mass is 10.1. The van der Waals surface area contributed by atoms with E-state index in [0.29, 0.717) is 25.5 Å². The van der Waals surface area contributed by atoms with Crippen molar-refractivity contribution >= 4 is 17.6 Å². The van der Waals surface area contributed by atoms with Crippen LogP contribution in [0.4, 0.5) is 10.1 Å². The van der Waals surface area contributed by atoms with E-state index in [4.69, 9.17) is 9.47 Å². The topological polar surface area (TPSA) is 67.9 Å². The van der Waals surface area contributed by atoms with Crippen molar-refractivity contribution in [1.29, 1.82) is 0 Å². The highest BCUT2D eigenvalue weighted by atomic mass is 19.1. The third-order valence-corrected chi connectivity index (χ3v) is 3.35. The summed E-state index contributed by atoms with van der Waals surface area (Å²) in [5, 5.41) is 2.69. The second-order valence-corrected chi connectivity index (χ2v) is 5.70. The molecule has 1 aliphatic rings. The summed E-state index contributed by atoms with van der Waals surface area (Å²) in [5.74, 6) is -1.42.